The van der Waals surface area contributed by atoms with E-state index in [1.54, 1.807) is 0 Å². The van der Waals surface area contributed by atoms with Gasteiger partial charge in [0.05, 0.1) is 5.92 Å². The number of hydrazine groups is 1. The Labute approximate surface area is 59.8 Å². The van der Waals surface area contributed by atoms with Crippen molar-refractivity contribution in [3.05, 3.63) is 0 Å². The van der Waals surface area contributed by atoms with Gasteiger partial charge in [-0.25, -0.2) is 5.01 Å². The van der Waals surface area contributed by atoms with E-state index in [0.29, 0.717) is 6.54 Å². The Bertz CT molecular complexity index is 138. The fourth-order valence-corrected chi connectivity index (χ4v) is 1.16. The molecule has 0 aromatic carbocycles. The minimum absolute atomic E-state index is 0.174. The maximum absolute atomic E-state index is 10.4. The van der Waals surface area contributed by atoms with Crippen LogP contribution in [0.1, 0.15) is 6.42 Å². The van der Waals surface area contributed by atoms with Gasteiger partial charge in [-0.3, -0.25) is 10.2 Å². The molecule has 4 heteroatoms. The van der Waals surface area contributed by atoms with Gasteiger partial charge in [0.2, 0.25) is 0 Å². The fourth-order valence-electron chi connectivity index (χ4n) is 1.16. The molecule has 0 aliphatic carbocycles. The molecule has 1 saturated heterocycles. The Morgan fingerprint density at radius 3 is 2.80 bits per heavy atom. The Morgan fingerprint density at radius 2 is 2.50 bits per heavy atom. The molecule has 2 N–H and O–H groups in total. The molecule has 0 radical (unpaired) electrons. The van der Waals surface area contributed by atoms with Crippen LogP contribution in [0.25, 0.3) is 0 Å². The number of hydrogen-bond donors (Lipinski definition) is 2. The van der Waals surface area contributed by atoms with Crippen molar-refractivity contribution in [3.8, 4) is 0 Å². The largest absolute Gasteiger partial charge is 0.481 e. The SMILES string of the molecule is CNN1CCC(C(=O)O)C1. The third-order valence-corrected chi connectivity index (χ3v) is 1.85. The van der Waals surface area contributed by atoms with Crippen LogP contribution in [-0.2, 0) is 4.79 Å². The van der Waals surface area contributed by atoms with Crippen molar-refractivity contribution in [2.24, 2.45) is 5.92 Å². The summed E-state index contributed by atoms with van der Waals surface area (Å²) >= 11 is 0. The Balaban J connectivity index is 2.35. The molecule has 1 heterocycles. The summed E-state index contributed by atoms with van der Waals surface area (Å²) in [6, 6.07) is 0. The van der Waals surface area contributed by atoms with Gasteiger partial charge < -0.3 is 5.11 Å². The molecule has 0 amide bonds. The van der Waals surface area contributed by atoms with Crippen LogP contribution in [-0.4, -0.2) is 36.2 Å². The number of nitrogens with one attached hydrogen (secondary N) is 1. The first kappa shape index (κ1) is 7.50. The normalized spacial score (nSPS) is 27.1. The lowest BCUT2D eigenvalue weighted by Crippen LogP contribution is -2.33. The van der Waals surface area contributed by atoms with Crippen molar-refractivity contribution in [2.45, 2.75) is 6.42 Å². The Morgan fingerprint density at radius 1 is 1.80 bits per heavy atom. The average molecular weight is 144 g/mol. The van der Waals surface area contributed by atoms with Crippen molar-refractivity contribution in [1.82, 2.24) is 10.4 Å². The summed E-state index contributed by atoms with van der Waals surface area (Å²) in [6.07, 6.45) is 0.760. The number of carboxylic acid groups (broad SMARTS) is 1. The number of hydrogen-bond acceptors (Lipinski definition) is 3. The topological polar surface area (TPSA) is 52.6 Å². The van der Waals surface area contributed by atoms with E-state index >= 15 is 0 Å². The molecule has 1 aliphatic rings. The van der Waals surface area contributed by atoms with Crippen LogP contribution in [0.5, 0.6) is 0 Å². The van der Waals surface area contributed by atoms with Gasteiger partial charge in [-0.15, -0.1) is 0 Å². The van der Waals surface area contributed by atoms with Crippen molar-refractivity contribution >= 4 is 5.97 Å². The van der Waals surface area contributed by atoms with Crippen LogP contribution in [0.2, 0.25) is 0 Å². The van der Waals surface area contributed by atoms with Crippen LogP contribution in [0, 0.1) is 5.92 Å². The van der Waals surface area contributed by atoms with Gasteiger partial charge in [-0.05, 0) is 13.5 Å². The molecule has 0 saturated carbocycles. The van der Waals surface area contributed by atoms with Crippen LogP contribution < -0.4 is 5.43 Å². The van der Waals surface area contributed by atoms with Gasteiger partial charge in [0.25, 0.3) is 0 Å². The minimum atomic E-state index is -0.683. The van der Waals surface area contributed by atoms with Gasteiger partial charge in [-0.2, -0.15) is 0 Å². The molecule has 4 nitrogen and oxygen atoms in total. The molecule has 10 heavy (non-hydrogen) atoms. The summed E-state index contributed by atoms with van der Waals surface area (Å²) < 4.78 is 0. The summed E-state index contributed by atoms with van der Waals surface area (Å²) in [7, 11) is 1.81. The molecule has 0 bridgehead atoms. The van der Waals surface area contributed by atoms with Crippen LogP contribution in [0.3, 0.4) is 0 Å². The van der Waals surface area contributed by atoms with Crippen molar-refractivity contribution in [3.63, 3.8) is 0 Å². The first-order chi connectivity index (χ1) is 4.74. The van der Waals surface area contributed by atoms with Crippen LogP contribution in [0.15, 0.2) is 0 Å². The van der Waals surface area contributed by atoms with Crippen molar-refractivity contribution < 1.29 is 9.90 Å². The van der Waals surface area contributed by atoms with E-state index in [-0.39, 0.29) is 5.92 Å². The lowest BCUT2D eigenvalue weighted by molar-refractivity contribution is -0.141. The molecule has 0 spiro atoms. The van der Waals surface area contributed by atoms with E-state index in [0.717, 1.165) is 13.0 Å². The molecule has 1 atom stereocenters. The number of nitrogens with zero attached hydrogens (tertiary/aromatic N) is 1. The van der Waals surface area contributed by atoms with Gasteiger partial charge in [0.15, 0.2) is 0 Å². The second kappa shape index (κ2) is 2.98. The molecule has 1 fully saturated rings. The summed E-state index contributed by atoms with van der Waals surface area (Å²) in [6.45, 7) is 1.47. The molecule has 1 unspecified atom stereocenters. The lowest BCUT2D eigenvalue weighted by Gasteiger charge is -2.11. The number of carbonyl (C=O) groups is 1. The van der Waals surface area contributed by atoms with Crippen LogP contribution >= 0.6 is 0 Å². The maximum Gasteiger partial charge on any atom is 0.307 e. The predicted octanol–water partition coefficient (Wildman–Crippen LogP) is -0.473. The quantitative estimate of drug-likeness (QED) is 0.550. The molecule has 0 aromatic heterocycles. The first-order valence-electron chi connectivity index (χ1n) is 3.39. The Kier molecular flexibility index (Phi) is 2.24. The lowest BCUT2D eigenvalue weighted by atomic mass is 10.1. The predicted molar refractivity (Wildman–Crippen MR) is 36.4 cm³/mol. The second-order valence-electron chi connectivity index (χ2n) is 2.49. The highest BCUT2D eigenvalue weighted by Crippen LogP contribution is 2.13. The molecule has 1 aliphatic heterocycles. The zero-order valence-corrected chi connectivity index (χ0v) is 6.00. The van der Waals surface area contributed by atoms with Gasteiger partial charge >= 0.3 is 5.97 Å². The summed E-state index contributed by atoms with van der Waals surface area (Å²) in [5.41, 5.74) is 2.92. The van der Waals surface area contributed by atoms with E-state index in [4.69, 9.17) is 5.11 Å². The zero-order chi connectivity index (χ0) is 7.56. The van der Waals surface area contributed by atoms with E-state index in [2.05, 4.69) is 5.43 Å². The molecular formula is C6H12N2O2. The first-order valence-corrected chi connectivity index (χ1v) is 3.39. The van der Waals surface area contributed by atoms with Crippen molar-refractivity contribution in [2.75, 3.05) is 20.1 Å². The molecule has 1 rings (SSSR count). The fraction of sp³-hybridized carbons (Fsp3) is 0.833. The number of aliphatic carboxylic acids is 1. The van der Waals surface area contributed by atoms with Crippen molar-refractivity contribution in [1.29, 1.82) is 0 Å². The summed E-state index contributed by atoms with van der Waals surface area (Å²) in [5, 5.41) is 10.5. The summed E-state index contributed by atoms with van der Waals surface area (Å²) in [5.74, 6) is -0.856. The molecule has 0 aromatic rings. The monoisotopic (exact) mass is 144 g/mol. The second-order valence-corrected chi connectivity index (χ2v) is 2.49. The van der Waals surface area contributed by atoms with E-state index in [9.17, 15) is 4.79 Å². The van der Waals surface area contributed by atoms with E-state index < -0.39 is 5.97 Å². The number of carboxylic acids is 1. The van der Waals surface area contributed by atoms with E-state index in [1.165, 1.54) is 0 Å². The third-order valence-electron chi connectivity index (χ3n) is 1.85. The summed E-state index contributed by atoms with van der Waals surface area (Å²) in [4.78, 5) is 10.4. The highest BCUT2D eigenvalue weighted by atomic mass is 16.4. The minimum Gasteiger partial charge on any atom is -0.481 e. The maximum atomic E-state index is 10.4. The van der Waals surface area contributed by atoms with Gasteiger partial charge in [0.1, 0.15) is 0 Å². The Hall–Kier alpha value is -0.610. The number of rotatable bonds is 2. The highest BCUT2D eigenvalue weighted by Gasteiger charge is 2.26. The molecule has 58 valence electrons. The molecular weight excluding hydrogens is 132 g/mol. The smallest absolute Gasteiger partial charge is 0.307 e. The third kappa shape index (κ3) is 1.46. The van der Waals surface area contributed by atoms with Crippen LogP contribution in [0.4, 0.5) is 0 Å². The highest BCUT2D eigenvalue weighted by molar-refractivity contribution is 5.70. The average Bonchev–Trinajstić information content (AvgIpc) is 2.34. The van der Waals surface area contributed by atoms with Gasteiger partial charge in [-0.1, -0.05) is 0 Å². The standard InChI is InChI=1S/C6H12N2O2/c1-7-8-3-2-5(4-8)6(9)10/h5,7H,2-4H2,1H3,(H,9,10). The zero-order valence-electron chi connectivity index (χ0n) is 6.00. The van der Waals surface area contributed by atoms with E-state index in [1.807, 2.05) is 12.1 Å². The van der Waals surface area contributed by atoms with Gasteiger partial charge in [0, 0.05) is 13.1 Å².